The lowest BCUT2D eigenvalue weighted by Gasteiger charge is -2.27. The van der Waals surface area contributed by atoms with E-state index in [4.69, 9.17) is 0 Å². The summed E-state index contributed by atoms with van der Waals surface area (Å²) in [5, 5.41) is 5.69. The van der Waals surface area contributed by atoms with Crippen LogP contribution in [0.2, 0.25) is 0 Å². The van der Waals surface area contributed by atoms with Crippen molar-refractivity contribution < 1.29 is 14.0 Å². The van der Waals surface area contributed by atoms with Crippen molar-refractivity contribution in [3.05, 3.63) is 66.0 Å². The van der Waals surface area contributed by atoms with E-state index < -0.39 is 5.82 Å². The van der Waals surface area contributed by atoms with Crippen LogP contribution in [0.4, 0.5) is 10.1 Å². The Morgan fingerprint density at radius 2 is 1.46 bits per heavy atom. The van der Waals surface area contributed by atoms with Crippen molar-refractivity contribution in [3.8, 4) is 0 Å². The molecule has 0 bridgehead atoms. The molecule has 2 aromatic carbocycles. The Hall–Kier alpha value is -2.69. The Balaban J connectivity index is 1.36. The maximum Gasteiger partial charge on any atom is 0.227 e. The van der Waals surface area contributed by atoms with Crippen LogP contribution in [0, 0.1) is 17.7 Å². The van der Waals surface area contributed by atoms with Crippen molar-refractivity contribution in [1.29, 1.82) is 0 Å². The molecular formula is C23H27FN2O2. The largest absolute Gasteiger partial charge is 0.356 e. The minimum absolute atomic E-state index is 0.0331. The Bertz CT molecular complexity index is 786. The van der Waals surface area contributed by atoms with Gasteiger partial charge in [0.25, 0.3) is 0 Å². The number of rotatable bonds is 7. The second-order valence-electron chi connectivity index (χ2n) is 7.40. The first-order chi connectivity index (χ1) is 13.6. The first kappa shape index (κ1) is 20.1. The number of hydrogen-bond donors (Lipinski definition) is 2. The molecule has 0 saturated heterocycles. The zero-order valence-corrected chi connectivity index (χ0v) is 16.0. The monoisotopic (exact) mass is 382 g/mol. The molecule has 0 unspecified atom stereocenters. The molecule has 0 radical (unpaired) electrons. The molecule has 2 N–H and O–H groups in total. The van der Waals surface area contributed by atoms with Crippen molar-refractivity contribution in [1.82, 2.24) is 5.32 Å². The summed E-state index contributed by atoms with van der Waals surface area (Å²) in [5.74, 6) is -0.705. The second kappa shape index (κ2) is 10.0. The van der Waals surface area contributed by atoms with Gasteiger partial charge >= 0.3 is 0 Å². The first-order valence-electron chi connectivity index (χ1n) is 10.0. The van der Waals surface area contributed by atoms with Crippen LogP contribution in [-0.4, -0.2) is 18.4 Å². The van der Waals surface area contributed by atoms with Crippen molar-refractivity contribution in [2.24, 2.45) is 11.8 Å². The van der Waals surface area contributed by atoms with E-state index in [1.54, 1.807) is 18.2 Å². The van der Waals surface area contributed by atoms with Gasteiger partial charge in [0.2, 0.25) is 11.8 Å². The highest BCUT2D eigenvalue weighted by Gasteiger charge is 2.30. The molecular weight excluding hydrogens is 355 g/mol. The molecule has 0 aromatic heterocycles. The highest BCUT2D eigenvalue weighted by atomic mass is 19.1. The van der Waals surface area contributed by atoms with Crippen LogP contribution in [0.15, 0.2) is 54.6 Å². The fourth-order valence-corrected chi connectivity index (χ4v) is 3.71. The zero-order valence-electron chi connectivity index (χ0n) is 16.0. The molecule has 1 aliphatic rings. The van der Waals surface area contributed by atoms with Crippen molar-refractivity contribution in [2.75, 3.05) is 11.9 Å². The van der Waals surface area contributed by atoms with Gasteiger partial charge in [-0.15, -0.1) is 0 Å². The fourth-order valence-electron chi connectivity index (χ4n) is 3.71. The summed E-state index contributed by atoms with van der Waals surface area (Å²) in [6, 6.07) is 16.4. The highest BCUT2D eigenvalue weighted by Crippen LogP contribution is 2.30. The smallest absolute Gasteiger partial charge is 0.227 e. The highest BCUT2D eigenvalue weighted by molar-refractivity contribution is 5.92. The molecule has 3 rings (SSSR count). The average molecular weight is 382 g/mol. The standard InChI is InChI=1S/C23H27FN2O2/c24-20-10-4-5-11-21(20)26-23(28)19-14-12-18(13-15-19)22(27)25-16-6-9-17-7-2-1-3-8-17/h1-5,7-8,10-11,18-19H,6,9,12-16H2,(H,25,27)(H,26,28). The van der Waals surface area contributed by atoms with Crippen LogP contribution in [-0.2, 0) is 16.0 Å². The minimum Gasteiger partial charge on any atom is -0.356 e. The van der Waals surface area contributed by atoms with Crippen molar-refractivity contribution in [3.63, 3.8) is 0 Å². The number of amides is 2. The van der Waals surface area contributed by atoms with E-state index >= 15 is 0 Å². The Morgan fingerprint density at radius 3 is 2.14 bits per heavy atom. The van der Waals surface area contributed by atoms with Gasteiger partial charge in [-0.1, -0.05) is 42.5 Å². The summed E-state index contributed by atoms with van der Waals surface area (Å²) in [7, 11) is 0. The third-order valence-electron chi connectivity index (χ3n) is 5.38. The number of anilines is 1. The van der Waals surface area contributed by atoms with E-state index in [-0.39, 0.29) is 29.3 Å². The lowest BCUT2D eigenvalue weighted by Crippen LogP contribution is -2.36. The van der Waals surface area contributed by atoms with Crippen molar-refractivity contribution in [2.45, 2.75) is 38.5 Å². The normalized spacial score (nSPS) is 19.0. The quantitative estimate of drug-likeness (QED) is 0.701. The SMILES string of the molecule is O=C(NCCCc1ccccc1)C1CCC(C(=O)Nc2ccccc2F)CC1. The lowest BCUT2D eigenvalue weighted by molar-refractivity contribution is -0.128. The zero-order chi connectivity index (χ0) is 19.8. The average Bonchev–Trinajstić information content (AvgIpc) is 2.73. The van der Waals surface area contributed by atoms with Crippen LogP contribution >= 0.6 is 0 Å². The molecule has 4 nitrogen and oxygen atoms in total. The second-order valence-corrected chi connectivity index (χ2v) is 7.40. The van der Waals surface area contributed by atoms with Gasteiger partial charge in [-0.25, -0.2) is 4.39 Å². The number of aryl methyl sites for hydroxylation is 1. The number of carbonyl (C=O) groups is 2. The summed E-state index contributed by atoms with van der Waals surface area (Å²) in [4.78, 5) is 24.7. The molecule has 0 spiro atoms. The van der Waals surface area contributed by atoms with Crippen LogP contribution in [0.3, 0.4) is 0 Å². The van der Waals surface area contributed by atoms with Gasteiger partial charge in [-0.3, -0.25) is 9.59 Å². The molecule has 2 aromatic rings. The lowest BCUT2D eigenvalue weighted by atomic mass is 9.81. The number of nitrogens with one attached hydrogen (secondary N) is 2. The third kappa shape index (κ3) is 5.65. The molecule has 5 heteroatoms. The topological polar surface area (TPSA) is 58.2 Å². The van der Waals surface area contributed by atoms with Crippen LogP contribution < -0.4 is 10.6 Å². The van der Waals surface area contributed by atoms with Gasteiger partial charge in [0.1, 0.15) is 5.82 Å². The van der Waals surface area contributed by atoms with E-state index in [0.717, 1.165) is 12.8 Å². The Kier molecular flexibility index (Phi) is 7.18. The van der Waals surface area contributed by atoms with E-state index in [2.05, 4.69) is 22.8 Å². The number of halogens is 1. The summed E-state index contributed by atoms with van der Waals surface area (Å²) in [6.07, 6.45) is 4.56. The van der Waals surface area contributed by atoms with Crippen LogP contribution in [0.5, 0.6) is 0 Å². The van der Waals surface area contributed by atoms with Gasteiger partial charge in [-0.05, 0) is 56.2 Å². The predicted octanol–water partition coefficient (Wildman–Crippen LogP) is 4.32. The minimum atomic E-state index is -0.431. The van der Waals surface area contributed by atoms with E-state index in [1.165, 1.54) is 11.6 Å². The van der Waals surface area contributed by atoms with Gasteiger partial charge in [0.15, 0.2) is 0 Å². The summed E-state index contributed by atoms with van der Waals surface area (Å²) in [6.45, 7) is 0.668. The molecule has 148 valence electrons. The van der Waals surface area contributed by atoms with E-state index in [1.807, 2.05) is 18.2 Å². The molecule has 0 atom stereocenters. The molecule has 0 heterocycles. The van der Waals surface area contributed by atoms with E-state index in [9.17, 15) is 14.0 Å². The maximum absolute atomic E-state index is 13.7. The first-order valence-corrected chi connectivity index (χ1v) is 10.0. The number of para-hydroxylation sites is 1. The third-order valence-corrected chi connectivity index (χ3v) is 5.38. The Morgan fingerprint density at radius 1 is 0.857 bits per heavy atom. The molecule has 0 aliphatic heterocycles. The molecule has 1 saturated carbocycles. The maximum atomic E-state index is 13.7. The molecule has 1 aliphatic carbocycles. The summed E-state index contributed by atoms with van der Waals surface area (Å²) < 4.78 is 13.7. The predicted molar refractivity (Wildman–Crippen MR) is 108 cm³/mol. The molecule has 28 heavy (non-hydrogen) atoms. The molecule has 2 amide bonds. The summed E-state index contributed by atoms with van der Waals surface area (Å²) in [5.41, 5.74) is 1.49. The van der Waals surface area contributed by atoms with Crippen LogP contribution in [0.1, 0.15) is 37.7 Å². The van der Waals surface area contributed by atoms with E-state index in [0.29, 0.717) is 32.2 Å². The Labute approximate surface area is 165 Å². The molecule has 1 fully saturated rings. The number of carbonyl (C=O) groups excluding carboxylic acids is 2. The van der Waals surface area contributed by atoms with Gasteiger partial charge in [0.05, 0.1) is 5.69 Å². The van der Waals surface area contributed by atoms with Gasteiger partial charge in [0, 0.05) is 18.4 Å². The fraction of sp³-hybridized carbons (Fsp3) is 0.391. The van der Waals surface area contributed by atoms with Gasteiger partial charge < -0.3 is 10.6 Å². The number of benzene rings is 2. The van der Waals surface area contributed by atoms with Crippen molar-refractivity contribution >= 4 is 17.5 Å². The van der Waals surface area contributed by atoms with Crippen LogP contribution in [0.25, 0.3) is 0 Å². The van der Waals surface area contributed by atoms with Gasteiger partial charge in [-0.2, -0.15) is 0 Å². The number of hydrogen-bond acceptors (Lipinski definition) is 2. The summed E-state index contributed by atoms with van der Waals surface area (Å²) >= 11 is 0.